The van der Waals surface area contributed by atoms with Crippen LogP contribution in [-0.4, -0.2) is 58.1 Å². The third-order valence-electron chi connectivity index (χ3n) is 4.74. The van der Waals surface area contributed by atoms with Gasteiger partial charge in [-0.15, -0.1) is 0 Å². The number of amides is 1. The molecule has 1 aromatic heterocycles. The van der Waals surface area contributed by atoms with Gasteiger partial charge in [0.25, 0.3) is 0 Å². The van der Waals surface area contributed by atoms with Crippen molar-refractivity contribution >= 4 is 11.9 Å². The Balaban J connectivity index is 0.000000277. The lowest BCUT2D eigenvalue weighted by Gasteiger charge is -2.56. The highest BCUT2D eigenvalue weighted by Gasteiger charge is 2.47. The number of rotatable bonds is 2. The zero-order chi connectivity index (χ0) is 18.7. The highest BCUT2D eigenvalue weighted by molar-refractivity contribution is 5.75. The van der Waals surface area contributed by atoms with Crippen molar-refractivity contribution in [1.82, 2.24) is 9.80 Å². The van der Waals surface area contributed by atoms with E-state index in [1.165, 1.54) is 6.42 Å². The number of piperidine rings is 1. The van der Waals surface area contributed by atoms with Crippen molar-refractivity contribution in [2.24, 2.45) is 0 Å². The van der Waals surface area contributed by atoms with Gasteiger partial charge in [0.15, 0.2) is 0 Å². The third kappa shape index (κ3) is 4.75. The Morgan fingerprint density at radius 2 is 1.80 bits per heavy atom. The number of aliphatic carboxylic acids is 1. The van der Waals surface area contributed by atoms with Gasteiger partial charge in [-0.25, -0.2) is 4.79 Å². The monoisotopic (exact) mass is 362 g/mol. The van der Waals surface area contributed by atoms with Crippen LogP contribution in [0.5, 0.6) is 0 Å². The smallest absolute Gasteiger partial charge is 0.475 e. The van der Waals surface area contributed by atoms with Crippen LogP contribution in [0.4, 0.5) is 13.2 Å². The molecule has 0 aromatic carbocycles. The van der Waals surface area contributed by atoms with E-state index in [0.29, 0.717) is 0 Å². The summed E-state index contributed by atoms with van der Waals surface area (Å²) in [5, 5.41) is 7.12. The molecule has 2 fully saturated rings. The van der Waals surface area contributed by atoms with Gasteiger partial charge in [0.1, 0.15) is 5.76 Å². The maximum absolute atomic E-state index is 11.5. The molecule has 1 aromatic rings. The highest BCUT2D eigenvalue weighted by Crippen LogP contribution is 2.40. The molecule has 2 aliphatic heterocycles. The second-order valence-corrected chi connectivity index (χ2v) is 6.30. The van der Waals surface area contributed by atoms with Crippen molar-refractivity contribution in [2.45, 2.75) is 44.4 Å². The lowest BCUT2D eigenvalue weighted by molar-refractivity contribution is -0.192. The molecule has 3 rings (SSSR count). The average molecular weight is 362 g/mol. The Labute approximate surface area is 143 Å². The molecule has 2 saturated heterocycles. The van der Waals surface area contributed by atoms with Gasteiger partial charge in [0.05, 0.1) is 12.8 Å². The number of carboxylic acid groups (broad SMARTS) is 1. The van der Waals surface area contributed by atoms with Gasteiger partial charge in [-0.2, -0.15) is 13.2 Å². The molecule has 0 unspecified atom stereocenters. The summed E-state index contributed by atoms with van der Waals surface area (Å²) in [4.78, 5) is 24.9. The topological polar surface area (TPSA) is 74.0 Å². The van der Waals surface area contributed by atoms with Crippen LogP contribution in [0.15, 0.2) is 22.8 Å². The van der Waals surface area contributed by atoms with Crippen LogP contribution in [0.1, 0.15) is 31.9 Å². The van der Waals surface area contributed by atoms with Crippen molar-refractivity contribution < 1.29 is 32.3 Å². The summed E-state index contributed by atoms with van der Waals surface area (Å²) >= 11 is 0. The number of carbonyl (C=O) groups is 2. The molecule has 9 heteroatoms. The van der Waals surface area contributed by atoms with Crippen LogP contribution in [0, 0.1) is 0 Å². The van der Waals surface area contributed by atoms with E-state index in [1.54, 1.807) is 13.2 Å². The summed E-state index contributed by atoms with van der Waals surface area (Å²) in [6, 6.07) is 3.96. The molecule has 0 bridgehead atoms. The molecule has 0 radical (unpaired) electrons. The van der Waals surface area contributed by atoms with Gasteiger partial charge in [0.2, 0.25) is 5.91 Å². The Morgan fingerprint density at radius 3 is 2.16 bits per heavy atom. The second-order valence-electron chi connectivity index (χ2n) is 6.30. The summed E-state index contributed by atoms with van der Waals surface area (Å²) in [5.41, 5.74) is 0.186. The minimum Gasteiger partial charge on any atom is -0.475 e. The Hall–Kier alpha value is -2.03. The molecule has 0 aliphatic carbocycles. The minimum absolute atomic E-state index is 0.186. The molecule has 3 heterocycles. The van der Waals surface area contributed by atoms with Gasteiger partial charge in [-0.1, -0.05) is 0 Å². The summed E-state index contributed by atoms with van der Waals surface area (Å²) in [5.74, 6) is -1.49. The predicted octanol–water partition coefficient (Wildman–Crippen LogP) is 2.50. The van der Waals surface area contributed by atoms with Crippen LogP contribution in [0.2, 0.25) is 0 Å². The Kier molecular flexibility index (Phi) is 5.76. The molecule has 25 heavy (non-hydrogen) atoms. The molecule has 2 aliphatic rings. The SMILES string of the molecule is CC(=O)N1CCC12CCN(Cc1ccco1)CC2.O=C(O)C(F)(F)F. The van der Waals surface area contributed by atoms with Crippen molar-refractivity contribution in [1.29, 1.82) is 0 Å². The molecule has 0 atom stereocenters. The fourth-order valence-electron chi connectivity index (χ4n) is 3.30. The van der Waals surface area contributed by atoms with Gasteiger partial charge in [-0.05, 0) is 31.4 Å². The summed E-state index contributed by atoms with van der Waals surface area (Å²) in [6.07, 6.45) is 0.0337. The van der Waals surface area contributed by atoms with Gasteiger partial charge < -0.3 is 14.4 Å². The quantitative estimate of drug-likeness (QED) is 0.875. The first-order valence-corrected chi connectivity index (χ1v) is 7.97. The first-order valence-electron chi connectivity index (χ1n) is 7.97. The molecule has 0 saturated carbocycles. The normalized spacial score (nSPS) is 19.8. The van der Waals surface area contributed by atoms with Gasteiger partial charge >= 0.3 is 12.1 Å². The van der Waals surface area contributed by atoms with Crippen molar-refractivity contribution in [3.05, 3.63) is 24.2 Å². The third-order valence-corrected chi connectivity index (χ3v) is 4.74. The first kappa shape index (κ1) is 19.3. The van der Waals surface area contributed by atoms with Crippen molar-refractivity contribution in [3.8, 4) is 0 Å². The molecule has 6 nitrogen and oxygen atoms in total. The molecular formula is C16H21F3N2O4. The number of nitrogens with zero attached hydrogens (tertiary/aromatic N) is 2. The second kappa shape index (κ2) is 7.47. The number of likely N-dealkylation sites (tertiary alicyclic amines) is 2. The Morgan fingerprint density at radius 1 is 1.24 bits per heavy atom. The fourth-order valence-corrected chi connectivity index (χ4v) is 3.30. The van der Waals surface area contributed by atoms with Crippen LogP contribution in [0.25, 0.3) is 0 Å². The van der Waals surface area contributed by atoms with E-state index in [-0.39, 0.29) is 11.4 Å². The van der Waals surface area contributed by atoms with Crippen molar-refractivity contribution in [3.63, 3.8) is 0 Å². The van der Waals surface area contributed by atoms with E-state index >= 15 is 0 Å². The number of hydrogen-bond donors (Lipinski definition) is 1. The predicted molar refractivity (Wildman–Crippen MR) is 81.6 cm³/mol. The number of hydrogen-bond acceptors (Lipinski definition) is 4. The lowest BCUT2D eigenvalue weighted by Crippen LogP contribution is -2.65. The van der Waals surface area contributed by atoms with E-state index in [2.05, 4.69) is 9.80 Å². The zero-order valence-corrected chi connectivity index (χ0v) is 13.9. The van der Waals surface area contributed by atoms with Crippen molar-refractivity contribution in [2.75, 3.05) is 19.6 Å². The van der Waals surface area contributed by atoms with E-state index in [9.17, 15) is 18.0 Å². The fraction of sp³-hybridized carbons (Fsp3) is 0.625. The number of carboxylic acids is 1. The van der Waals surface area contributed by atoms with Gasteiger partial charge in [-0.3, -0.25) is 9.69 Å². The van der Waals surface area contributed by atoms with Gasteiger partial charge in [0, 0.05) is 32.1 Å². The van der Waals surface area contributed by atoms with Crippen LogP contribution in [0.3, 0.4) is 0 Å². The summed E-state index contributed by atoms with van der Waals surface area (Å²) in [7, 11) is 0. The number of carbonyl (C=O) groups excluding carboxylic acids is 1. The number of alkyl halides is 3. The molecule has 1 N–H and O–H groups in total. The highest BCUT2D eigenvalue weighted by atomic mass is 19.4. The van der Waals surface area contributed by atoms with Crippen LogP contribution < -0.4 is 0 Å². The largest absolute Gasteiger partial charge is 0.490 e. The summed E-state index contributed by atoms with van der Waals surface area (Å²) in [6.45, 7) is 5.65. The standard InChI is InChI=1S/C14H20N2O2.C2HF3O2/c1-12(17)16-9-6-14(16)4-7-15(8-5-14)11-13-3-2-10-18-13;3-2(4,5)1(6)7/h2-3,10H,4-9,11H2,1H3;(H,6,7). The van der Waals surface area contributed by atoms with E-state index < -0.39 is 12.1 Å². The average Bonchev–Trinajstić information content (AvgIpc) is 2.99. The molecular weight excluding hydrogens is 341 g/mol. The maximum atomic E-state index is 11.5. The minimum atomic E-state index is -5.08. The maximum Gasteiger partial charge on any atom is 0.490 e. The number of furan rings is 1. The number of halogens is 3. The molecule has 1 spiro atoms. The molecule has 140 valence electrons. The Bertz CT molecular complexity index is 593. The summed E-state index contributed by atoms with van der Waals surface area (Å²) < 4.78 is 37.1. The van der Waals surface area contributed by atoms with E-state index in [4.69, 9.17) is 14.3 Å². The van der Waals surface area contributed by atoms with Crippen LogP contribution >= 0.6 is 0 Å². The van der Waals surface area contributed by atoms with Crippen LogP contribution in [-0.2, 0) is 16.1 Å². The zero-order valence-electron chi connectivity index (χ0n) is 13.9. The first-order chi connectivity index (χ1) is 11.6. The lowest BCUT2D eigenvalue weighted by atomic mass is 9.76. The van der Waals surface area contributed by atoms with E-state index in [0.717, 1.165) is 44.8 Å². The van der Waals surface area contributed by atoms with E-state index in [1.807, 2.05) is 12.1 Å². The molecule has 1 amide bonds.